The molecule has 3 rings (SSSR count). The van der Waals surface area contributed by atoms with Crippen LogP contribution in [0.4, 0.5) is 0 Å². The fourth-order valence-electron chi connectivity index (χ4n) is 4.59. The molecule has 0 unspecified atom stereocenters. The van der Waals surface area contributed by atoms with Crippen molar-refractivity contribution in [2.75, 3.05) is 0 Å². The van der Waals surface area contributed by atoms with E-state index in [-0.39, 0.29) is 0 Å². The molecule has 0 amide bonds. The van der Waals surface area contributed by atoms with Crippen molar-refractivity contribution >= 4 is 11.4 Å². The van der Waals surface area contributed by atoms with E-state index < -0.39 is 0 Å². The largest absolute Gasteiger partial charge is 0.493 e. The first-order valence-corrected chi connectivity index (χ1v) is 12.7. The van der Waals surface area contributed by atoms with Crippen molar-refractivity contribution in [1.82, 2.24) is 0 Å². The van der Waals surface area contributed by atoms with E-state index in [1.54, 1.807) is 0 Å². The van der Waals surface area contributed by atoms with Crippen LogP contribution in [0.1, 0.15) is 101 Å². The molecule has 0 saturated heterocycles. The zero-order valence-corrected chi connectivity index (χ0v) is 20.9. The third-order valence-electron chi connectivity index (χ3n) is 6.37. The lowest BCUT2D eigenvalue weighted by molar-refractivity contribution is -0.345. The Labute approximate surface area is 200 Å². The van der Waals surface area contributed by atoms with Gasteiger partial charge in [-0.3, -0.25) is 0 Å². The van der Waals surface area contributed by atoms with Gasteiger partial charge in [-0.2, -0.15) is 0 Å². The van der Waals surface area contributed by atoms with Crippen LogP contribution >= 0.6 is 0 Å². The first kappa shape index (κ1) is 24.7. The Bertz CT molecular complexity index is 1090. The molecule has 0 radical (unpaired) electrons. The average Bonchev–Trinajstić information content (AvgIpc) is 3.11. The minimum absolute atomic E-state index is 0.930. The summed E-state index contributed by atoms with van der Waals surface area (Å²) in [6, 6.07) is 17.1. The molecule has 0 bridgehead atoms. The predicted molar refractivity (Wildman–Crippen MR) is 141 cm³/mol. The standard InChI is InChI=1S/C31H38N2/c1-5-9-14-24-19-21-26(22-20-24)30-28(17-10-6-2)29(18-11-7-3)31(33(30)32)27-16-12-15-25(23-27)13-8-4/h12,15-16,19-23H,5-7,9-11,14,17-18H2,1-4H3. The van der Waals surface area contributed by atoms with Crippen LogP contribution in [-0.4, -0.2) is 4.70 Å². The van der Waals surface area contributed by atoms with Gasteiger partial charge in [-0.05, 0) is 81.3 Å². The van der Waals surface area contributed by atoms with Gasteiger partial charge in [-0.15, -0.1) is 5.92 Å². The highest BCUT2D eigenvalue weighted by atomic mass is 15.2. The number of aryl methyl sites for hydroxylation is 1. The molecule has 2 nitrogen and oxygen atoms in total. The highest BCUT2D eigenvalue weighted by Gasteiger charge is 2.35. The van der Waals surface area contributed by atoms with Gasteiger partial charge in [0.25, 0.3) is 0 Å². The molecule has 0 N–H and O–H groups in total. The Morgan fingerprint density at radius 2 is 1.30 bits per heavy atom. The predicted octanol–water partition coefficient (Wildman–Crippen LogP) is 8.95. The van der Waals surface area contributed by atoms with Crippen LogP contribution in [-0.2, 0) is 6.42 Å². The van der Waals surface area contributed by atoms with Crippen LogP contribution in [0.2, 0.25) is 0 Å². The quantitative estimate of drug-likeness (QED) is 0.247. The summed E-state index contributed by atoms with van der Waals surface area (Å²) in [7, 11) is 0. The van der Waals surface area contributed by atoms with Crippen LogP contribution in [0.5, 0.6) is 0 Å². The third-order valence-corrected chi connectivity index (χ3v) is 6.37. The molecular weight excluding hydrogens is 400 g/mol. The van der Waals surface area contributed by atoms with Gasteiger partial charge in [0, 0.05) is 27.8 Å². The second-order valence-electron chi connectivity index (χ2n) is 8.93. The van der Waals surface area contributed by atoms with Crippen LogP contribution in [0.3, 0.4) is 0 Å². The summed E-state index contributed by atoms with van der Waals surface area (Å²) >= 11 is 0. The van der Waals surface area contributed by atoms with E-state index in [1.165, 1.54) is 34.2 Å². The lowest BCUT2D eigenvalue weighted by Gasteiger charge is -2.10. The van der Waals surface area contributed by atoms with Gasteiger partial charge in [-0.1, -0.05) is 64.2 Å². The van der Waals surface area contributed by atoms with Gasteiger partial charge in [-0.25, -0.2) is 4.70 Å². The third kappa shape index (κ3) is 5.91. The molecule has 2 aromatic rings. The maximum atomic E-state index is 11.6. The maximum absolute atomic E-state index is 11.6. The van der Waals surface area contributed by atoms with Crippen molar-refractivity contribution in [1.29, 1.82) is 0 Å². The Morgan fingerprint density at radius 3 is 1.88 bits per heavy atom. The monoisotopic (exact) mass is 438 g/mol. The summed E-state index contributed by atoms with van der Waals surface area (Å²) in [5.74, 6) is 6.17. The van der Waals surface area contributed by atoms with Gasteiger partial charge in [0.1, 0.15) is 0 Å². The molecule has 1 aliphatic rings. The van der Waals surface area contributed by atoms with Crippen LogP contribution in [0.15, 0.2) is 59.7 Å². The van der Waals surface area contributed by atoms with Crippen molar-refractivity contribution in [2.24, 2.45) is 0 Å². The summed E-state index contributed by atoms with van der Waals surface area (Å²) < 4.78 is 1.47. The second-order valence-corrected chi connectivity index (χ2v) is 8.93. The number of allylic oxidation sites excluding steroid dienone is 2. The Morgan fingerprint density at radius 1 is 0.727 bits per heavy atom. The molecule has 1 aliphatic heterocycles. The Hall–Kier alpha value is -2.92. The number of benzene rings is 2. The zero-order chi connectivity index (χ0) is 23.6. The molecule has 172 valence electrons. The van der Waals surface area contributed by atoms with E-state index in [0.717, 1.165) is 73.0 Å². The summed E-state index contributed by atoms with van der Waals surface area (Å²) in [6.45, 7) is 8.55. The van der Waals surface area contributed by atoms with Crippen LogP contribution < -0.4 is 0 Å². The van der Waals surface area contributed by atoms with E-state index >= 15 is 0 Å². The second kappa shape index (κ2) is 12.4. The molecule has 0 atom stereocenters. The number of hydrogen-bond donors (Lipinski definition) is 0. The average molecular weight is 439 g/mol. The highest BCUT2D eigenvalue weighted by molar-refractivity contribution is 5.82. The van der Waals surface area contributed by atoms with Crippen LogP contribution in [0.25, 0.3) is 16.9 Å². The lowest BCUT2D eigenvalue weighted by Crippen LogP contribution is -2.03. The summed E-state index contributed by atoms with van der Waals surface area (Å²) in [4.78, 5) is 0. The Balaban J connectivity index is 2.10. The van der Waals surface area contributed by atoms with E-state index in [1.807, 2.05) is 19.1 Å². The molecule has 0 spiro atoms. The lowest BCUT2D eigenvalue weighted by atomic mass is 9.92. The first-order valence-electron chi connectivity index (χ1n) is 12.7. The van der Waals surface area contributed by atoms with E-state index in [0.29, 0.717) is 0 Å². The van der Waals surface area contributed by atoms with Crippen molar-refractivity contribution in [2.45, 2.75) is 85.5 Å². The van der Waals surface area contributed by atoms with Gasteiger partial charge in [0.15, 0.2) is 0 Å². The molecule has 2 aromatic carbocycles. The molecule has 0 aliphatic carbocycles. The molecule has 1 heterocycles. The molecular formula is C31H38N2. The molecule has 0 fully saturated rings. The topological polar surface area (TPSA) is 25.3 Å². The molecule has 33 heavy (non-hydrogen) atoms. The van der Waals surface area contributed by atoms with E-state index in [9.17, 15) is 5.53 Å². The number of unbranched alkanes of at least 4 members (excludes halogenated alkanes) is 3. The number of hydrogen-bond acceptors (Lipinski definition) is 0. The van der Waals surface area contributed by atoms with E-state index in [4.69, 9.17) is 0 Å². The van der Waals surface area contributed by atoms with E-state index in [2.05, 4.69) is 69.0 Å². The number of rotatable bonds is 11. The van der Waals surface area contributed by atoms with Crippen molar-refractivity contribution in [3.8, 4) is 11.8 Å². The molecule has 0 saturated carbocycles. The minimum atomic E-state index is 0.930. The van der Waals surface area contributed by atoms with Gasteiger partial charge in [0.2, 0.25) is 11.4 Å². The van der Waals surface area contributed by atoms with Crippen molar-refractivity contribution < 1.29 is 4.70 Å². The van der Waals surface area contributed by atoms with Gasteiger partial charge in [0.05, 0.1) is 0 Å². The summed E-state index contributed by atoms with van der Waals surface area (Å²) in [6.07, 6.45) is 9.97. The SMILES string of the molecule is CC#Cc1cccc(C2=C(CCCC)C(CCCC)=C(c3ccc(CCCC)cc3)[N+]2=[N-])c1. The number of nitrogens with zero attached hydrogens (tertiary/aromatic N) is 2. The van der Waals surface area contributed by atoms with Gasteiger partial charge < -0.3 is 5.53 Å². The van der Waals surface area contributed by atoms with Crippen molar-refractivity contribution in [3.63, 3.8) is 0 Å². The first-order chi connectivity index (χ1) is 16.1. The minimum Gasteiger partial charge on any atom is -0.493 e. The zero-order valence-electron chi connectivity index (χ0n) is 20.9. The smallest absolute Gasteiger partial charge is 0.211 e. The summed E-state index contributed by atoms with van der Waals surface area (Å²) in [5.41, 5.74) is 20.6. The molecule has 0 aromatic heterocycles. The van der Waals surface area contributed by atoms with Gasteiger partial charge >= 0.3 is 0 Å². The fraction of sp³-hybridized carbons (Fsp3) is 0.419. The highest BCUT2D eigenvalue weighted by Crippen LogP contribution is 2.44. The Kier molecular flexibility index (Phi) is 9.25. The summed E-state index contributed by atoms with van der Waals surface area (Å²) in [5, 5.41) is 0. The van der Waals surface area contributed by atoms with Crippen molar-refractivity contribution in [3.05, 3.63) is 87.5 Å². The molecule has 2 heteroatoms. The van der Waals surface area contributed by atoms with Crippen LogP contribution in [0, 0.1) is 11.8 Å². The maximum Gasteiger partial charge on any atom is 0.211 e. The fourth-order valence-corrected chi connectivity index (χ4v) is 4.59. The normalized spacial score (nSPS) is 13.5.